The van der Waals surface area contributed by atoms with Crippen LogP contribution in [0.4, 0.5) is 23.2 Å². The van der Waals surface area contributed by atoms with E-state index >= 15 is 0 Å². The van der Waals surface area contributed by atoms with Crippen LogP contribution in [0, 0.1) is 5.92 Å². The number of halogens is 4. The Bertz CT molecular complexity index is 1250. The van der Waals surface area contributed by atoms with Crippen molar-refractivity contribution < 1.29 is 30.8 Å². The lowest BCUT2D eigenvalue weighted by molar-refractivity contribution is -0.114. The monoisotopic (exact) mass is 558 g/mol. The van der Waals surface area contributed by atoms with E-state index in [4.69, 9.17) is 11.5 Å². The van der Waals surface area contributed by atoms with Gasteiger partial charge in [0.1, 0.15) is 12.5 Å². The van der Waals surface area contributed by atoms with Crippen molar-refractivity contribution in [1.82, 2.24) is 10.2 Å². The predicted octanol–water partition coefficient (Wildman–Crippen LogP) is 2.35. The van der Waals surface area contributed by atoms with E-state index in [0.29, 0.717) is 6.54 Å². The lowest BCUT2D eigenvalue weighted by Gasteiger charge is -2.41. The lowest BCUT2D eigenvalue weighted by atomic mass is 9.79. The normalized spacial score (nSPS) is 27.2. The Kier molecular flexibility index (Phi) is 8.12. The Balaban J connectivity index is 1.47. The molecule has 9 nitrogen and oxygen atoms in total. The number of primary amides is 1. The maximum Gasteiger partial charge on any atom is 0.501 e. The Morgan fingerprint density at radius 2 is 1.87 bits per heavy atom. The summed E-state index contributed by atoms with van der Waals surface area (Å²) in [6.45, 7) is 1.21. The number of carbonyl (C=O) groups is 1. The zero-order valence-electron chi connectivity index (χ0n) is 20.5. The number of nitrogens with one attached hydrogen (secondary N) is 1. The summed E-state index contributed by atoms with van der Waals surface area (Å²) >= 11 is 0. The molecule has 1 aromatic carbocycles. The fourth-order valence-electron chi connectivity index (χ4n) is 5.30. The lowest BCUT2D eigenvalue weighted by Crippen LogP contribution is -2.49. The Labute approximate surface area is 218 Å². The third kappa shape index (κ3) is 6.01. The van der Waals surface area contributed by atoms with E-state index in [0.717, 1.165) is 68.6 Å². The van der Waals surface area contributed by atoms with Crippen LogP contribution >= 0.6 is 0 Å². The maximum absolute atomic E-state index is 13.5. The molecule has 4 atom stereocenters. The van der Waals surface area contributed by atoms with E-state index in [1.807, 2.05) is 0 Å². The van der Waals surface area contributed by atoms with E-state index in [2.05, 4.69) is 20.2 Å². The molecule has 2 fully saturated rings. The number of hydrogen-bond donors (Lipinski definition) is 3. The number of carbonyl (C=O) groups excluding carboxylic acids is 1. The van der Waals surface area contributed by atoms with Gasteiger partial charge in [0.25, 0.3) is 15.7 Å². The summed E-state index contributed by atoms with van der Waals surface area (Å²) < 4.78 is 74.8. The van der Waals surface area contributed by atoms with E-state index in [1.54, 1.807) is 0 Å². The first kappa shape index (κ1) is 28.0. The van der Waals surface area contributed by atoms with Crippen LogP contribution in [0.3, 0.4) is 0 Å². The number of benzene rings is 1. The first-order valence-electron chi connectivity index (χ1n) is 12.3. The molecule has 1 amide bonds. The molecule has 0 radical (unpaired) electrons. The van der Waals surface area contributed by atoms with Gasteiger partial charge in [-0.15, -0.1) is 0 Å². The van der Waals surface area contributed by atoms with Gasteiger partial charge in [-0.3, -0.25) is 14.7 Å². The molecule has 5 N–H and O–H groups in total. The molecule has 1 aromatic rings. The van der Waals surface area contributed by atoms with Gasteiger partial charge in [0.2, 0.25) is 0 Å². The van der Waals surface area contributed by atoms with E-state index < -0.39 is 26.1 Å². The molecule has 0 bridgehead atoms. The summed E-state index contributed by atoms with van der Waals surface area (Å²) in [7, 11) is -5.50. The molecular weight excluding hydrogens is 528 g/mol. The summed E-state index contributed by atoms with van der Waals surface area (Å²) in [5.74, 6) is -1.04. The van der Waals surface area contributed by atoms with Crippen molar-refractivity contribution in [3.8, 4) is 0 Å². The van der Waals surface area contributed by atoms with Crippen LogP contribution < -0.4 is 16.8 Å². The highest BCUT2D eigenvalue weighted by Crippen LogP contribution is 2.35. The van der Waals surface area contributed by atoms with Gasteiger partial charge in [-0.2, -0.15) is 13.2 Å². The highest BCUT2D eigenvalue weighted by atomic mass is 32.2. The van der Waals surface area contributed by atoms with E-state index in [1.165, 1.54) is 6.20 Å². The average molecular weight is 559 g/mol. The van der Waals surface area contributed by atoms with Crippen molar-refractivity contribution in [2.24, 2.45) is 27.4 Å². The molecular formula is C24H30F4N6O3S. The van der Waals surface area contributed by atoms with Crippen molar-refractivity contribution in [3.05, 3.63) is 36.0 Å². The third-order valence-electron chi connectivity index (χ3n) is 7.35. The number of alkyl halides is 4. The molecule has 1 saturated carbocycles. The van der Waals surface area contributed by atoms with Gasteiger partial charge in [0.05, 0.1) is 22.7 Å². The average Bonchev–Trinajstić information content (AvgIpc) is 3.60. The molecule has 1 unspecified atom stereocenters. The molecule has 3 aliphatic rings. The molecule has 1 aliphatic carbocycles. The van der Waals surface area contributed by atoms with Crippen molar-refractivity contribution in [3.63, 3.8) is 0 Å². The minimum Gasteiger partial charge on any atom is -0.387 e. The Morgan fingerprint density at radius 3 is 2.45 bits per heavy atom. The largest absolute Gasteiger partial charge is 0.501 e. The zero-order chi connectivity index (χ0) is 27.7. The van der Waals surface area contributed by atoms with Crippen LogP contribution in [0.15, 0.2) is 50.9 Å². The summed E-state index contributed by atoms with van der Waals surface area (Å²) in [5, 5.41) is 3.22. The summed E-state index contributed by atoms with van der Waals surface area (Å²) in [6, 6.07) is 3.79. The predicted molar refractivity (Wildman–Crippen MR) is 134 cm³/mol. The number of amidine groups is 1. The second-order valence-electron chi connectivity index (χ2n) is 9.70. The van der Waals surface area contributed by atoms with Crippen LogP contribution in [0.2, 0.25) is 0 Å². The number of rotatable bonds is 9. The van der Waals surface area contributed by atoms with Crippen LogP contribution in [0.25, 0.3) is 0 Å². The van der Waals surface area contributed by atoms with Gasteiger partial charge in [0.15, 0.2) is 0 Å². The number of hydrogen-bond acceptors (Lipinski definition) is 7. The first-order chi connectivity index (χ1) is 17.9. The third-order valence-corrected chi connectivity index (χ3v) is 8.85. The Morgan fingerprint density at radius 1 is 1.18 bits per heavy atom. The molecule has 208 valence electrons. The highest BCUT2D eigenvalue weighted by Gasteiger charge is 2.46. The number of aliphatic imine (C=N–C) groups is 2. The standard InChI is InChI=1S/C24H30F4N6O3S/c25-11-16-2-1-9-34(16)15-5-8-20(18(10-15)21-13-32-21)31-12-19(23(30)35)22(29)33-14-3-6-17(7-4-14)38(36,37)24(26,27)28/h3-4,6-7,12,15-16,18,20,31H,1-2,5,8-11,13H2,(H2,29,33)(H2,30,35)/b19-12+/t15?,16-,18+,20+/m1/s1. The quantitative estimate of drug-likeness (QED) is 0.184. The second kappa shape index (κ2) is 11.0. The summed E-state index contributed by atoms with van der Waals surface area (Å²) in [6.07, 6.45) is 5.67. The SMILES string of the molecule is NC(=O)/C(=C/N[C@H]1CCC(N2CCC[C@@H]2CF)C[C@@H]1C1=NC1)C(N)=Nc1ccc(S(=O)(=O)C(F)(F)F)cc1. The van der Waals surface area contributed by atoms with Gasteiger partial charge >= 0.3 is 5.51 Å². The summed E-state index contributed by atoms with van der Waals surface area (Å²) in [5.41, 5.74) is 7.03. The summed E-state index contributed by atoms with van der Waals surface area (Å²) in [4.78, 5) is 21.8. The molecule has 14 heteroatoms. The zero-order valence-corrected chi connectivity index (χ0v) is 21.3. The van der Waals surface area contributed by atoms with Crippen LogP contribution in [-0.4, -0.2) is 74.2 Å². The fraction of sp³-hybridized carbons (Fsp3) is 0.542. The molecule has 2 aliphatic heterocycles. The number of sulfone groups is 1. The maximum atomic E-state index is 13.5. The number of likely N-dealkylation sites (tertiary alicyclic amines) is 1. The van der Waals surface area contributed by atoms with Crippen LogP contribution in [0.1, 0.15) is 32.1 Å². The smallest absolute Gasteiger partial charge is 0.387 e. The topological polar surface area (TPSA) is 143 Å². The van der Waals surface area contributed by atoms with E-state index in [-0.39, 0.29) is 47.8 Å². The second-order valence-corrected chi connectivity index (χ2v) is 11.6. The van der Waals surface area contributed by atoms with Gasteiger partial charge in [-0.1, -0.05) is 0 Å². The van der Waals surface area contributed by atoms with Crippen molar-refractivity contribution in [1.29, 1.82) is 0 Å². The van der Waals surface area contributed by atoms with Crippen molar-refractivity contribution in [2.75, 3.05) is 19.8 Å². The Hall–Kier alpha value is -3.00. The van der Waals surface area contributed by atoms with Gasteiger partial charge in [-0.05, 0) is 62.9 Å². The van der Waals surface area contributed by atoms with Gasteiger partial charge in [0, 0.05) is 36.0 Å². The van der Waals surface area contributed by atoms with Gasteiger partial charge < -0.3 is 16.8 Å². The minimum absolute atomic E-state index is 0.0358. The van der Waals surface area contributed by atoms with Crippen LogP contribution in [0.5, 0.6) is 0 Å². The first-order valence-corrected chi connectivity index (χ1v) is 13.8. The van der Waals surface area contributed by atoms with E-state index in [9.17, 15) is 30.8 Å². The fourth-order valence-corrected chi connectivity index (χ4v) is 6.06. The molecule has 2 heterocycles. The number of amides is 1. The van der Waals surface area contributed by atoms with Gasteiger partial charge in [-0.25, -0.2) is 17.8 Å². The minimum atomic E-state index is -5.50. The number of nitrogens with two attached hydrogens (primary N) is 2. The molecule has 0 aromatic heterocycles. The van der Waals surface area contributed by atoms with Crippen molar-refractivity contribution in [2.45, 2.75) is 60.6 Å². The number of nitrogens with zero attached hydrogens (tertiary/aromatic N) is 3. The highest BCUT2D eigenvalue weighted by molar-refractivity contribution is 7.92. The molecule has 4 rings (SSSR count). The molecule has 0 spiro atoms. The molecule has 38 heavy (non-hydrogen) atoms. The molecule has 1 saturated heterocycles. The van der Waals surface area contributed by atoms with Crippen molar-refractivity contribution >= 4 is 33.0 Å². The van der Waals surface area contributed by atoms with Crippen LogP contribution in [-0.2, 0) is 14.6 Å².